The molecule has 0 bridgehead atoms. The third-order valence-corrected chi connectivity index (χ3v) is 3.44. The van der Waals surface area contributed by atoms with Gasteiger partial charge in [-0.2, -0.15) is 0 Å². The van der Waals surface area contributed by atoms with Gasteiger partial charge in [0.15, 0.2) is 0 Å². The van der Waals surface area contributed by atoms with Crippen LogP contribution in [0.15, 0.2) is 17.5 Å². The molecule has 0 saturated carbocycles. The van der Waals surface area contributed by atoms with Crippen LogP contribution >= 0.6 is 11.3 Å². The predicted octanol–water partition coefficient (Wildman–Crippen LogP) is 3.15. The average Bonchev–Trinajstić information content (AvgIpc) is 2.52. The van der Waals surface area contributed by atoms with Gasteiger partial charge in [-0.15, -0.1) is 11.3 Å². The van der Waals surface area contributed by atoms with Crippen molar-refractivity contribution in [2.75, 3.05) is 0 Å². The molecule has 0 spiro atoms. The highest BCUT2D eigenvalue weighted by atomic mass is 32.1. The van der Waals surface area contributed by atoms with E-state index in [1.165, 1.54) is 4.88 Å². The van der Waals surface area contributed by atoms with Crippen LogP contribution in [0.1, 0.15) is 39.5 Å². The molecule has 84 valence electrons. The van der Waals surface area contributed by atoms with Crippen LogP contribution in [-0.2, 0) is 10.3 Å². The van der Waals surface area contributed by atoms with E-state index >= 15 is 0 Å². The maximum Gasteiger partial charge on any atom is 0.226 e. The minimum atomic E-state index is -0.339. The van der Waals surface area contributed by atoms with Gasteiger partial charge in [0.2, 0.25) is 5.91 Å². The maximum absolute atomic E-state index is 11.9. The van der Waals surface area contributed by atoms with Crippen LogP contribution in [-0.4, -0.2) is 5.91 Å². The predicted molar refractivity (Wildman–Crippen MR) is 64.9 cm³/mol. The summed E-state index contributed by atoms with van der Waals surface area (Å²) >= 11 is 1.67. The van der Waals surface area contributed by atoms with E-state index < -0.39 is 0 Å². The minimum absolute atomic E-state index is 0.0842. The second-order valence-electron chi connectivity index (χ2n) is 5.31. The van der Waals surface area contributed by atoms with E-state index in [-0.39, 0.29) is 16.9 Å². The van der Waals surface area contributed by atoms with Crippen LogP contribution in [0.2, 0.25) is 0 Å². The van der Waals surface area contributed by atoms with Crippen molar-refractivity contribution in [1.29, 1.82) is 0 Å². The lowest BCUT2D eigenvalue weighted by Crippen LogP contribution is -2.45. The topological polar surface area (TPSA) is 29.1 Å². The molecule has 0 aliphatic rings. The van der Waals surface area contributed by atoms with Crippen molar-refractivity contribution in [3.8, 4) is 0 Å². The van der Waals surface area contributed by atoms with E-state index in [2.05, 4.69) is 5.32 Å². The molecule has 0 aromatic carbocycles. The number of rotatable bonds is 2. The Morgan fingerprint density at radius 1 is 1.27 bits per heavy atom. The molecule has 0 aliphatic carbocycles. The highest BCUT2D eigenvalue weighted by Gasteiger charge is 2.29. The second-order valence-corrected chi connectivity index (χ2v) is 6.25. The smallest absolute Gasteiger partial charge is 0.226 e. The highest BCUT2D eigenvalue weighted by Crippen LogP contribution is 2.26. The van der Waals surface area contributed by atoms with Gasteiger partial charge in [0.1, 0.15) is 0 Å². The SMILES string of the molecule is CC(C)(C)C(=O)NC(C)(C)c1cccs1. The Labute approximate surface area is 95.7 Å². The normalized spacial score (nSPS) is 12.6. The zero-order chi connectivity index (χ0) is 11.7. The van der Waals surface area contributed by atoms with E-state index in [4.69, 9.17) is 0 Å². The summed E-state index contributed by atoms with van der Waals surface area (Å²) < 4.78 is 0. The lowest BCUT2D eigenvalue weighted by Gasteiger charge is -2.29. The standard InChI is InChI=1S/C12H19NOS/c1-11(2,3)10(14)13-12(4,5)9-7-6-8-15-9/h6-8H,1-5H3,(H,13,14). The average molecular weight is 225 g/mol. The van der Waals surface area contributed by atoms with Gasteiger partial charge in [-0.3, -0.25) is 4.79 Å². The molecule has 2 nitrogen and oxygen atoms in total. The summed E-state index contributed by atoms with van der Waals surface area (Å²) in [4.78, 5) is 13.0. The number of carbonyl (C=O) groups excluding carboxylic acids is 1. The van der Waals surface area contributed by atoms with Crippen molar-refractivity contribution in [1.82, 2.24) is 5.32 Å². The Morgan fingerprint density at radius 3 is 2.27 bits per heavy atom. The molecule has 1 amide bonds. The van der Waals surface area contributed by atoms with Gasteiger partial charge >= 0.3 is 0 Å². The first-order valence-electron chi connectivity index (χ1n) is 5.10. The highest BCUT2D eigenvalue weighted by molar-refractivity contribution is 7.10. The minimum Gasteiger partial charge on any atom is -0.346 e. The number of hydrogen-bond donors (Lipinski definition) is 1. The van der Waals surface area contributed by atoms with Crippen molar-refractivity contribution < 1.29 is 4.79 Å². The number of nitrogens with one attached hydrogen (secondary N) is 1. The van der Waals surface area contributed by atoms with Crippen molar-refractivity contribution in [2.24, 2.45) is 5.41 Å². The van der Waals surface area contributed by atoms with Gasteiger partial charge < -0.3 is 5.32 Å². The quantitative estimate of drug-likeness (QED) is 0.823. The summed E-state index contributed by atoms with van der Waals surface area (Å²) in [6, 6.07) is 4.05. The molecule has 1 aromatic heterocycles. The van der Waals surface area contributed by atoms with E-state index in [1.54, 1.807) is 11.3 Å². The third-order valence-electron chi connectivity index (χ3n) is 2.24. The van der Waals surface area contributed by atoms with Crippen LogP contribution in [0.3, 0.4) is 0 Å². The maximum atomic E-state index is 11.9. The van der Waals surface area contributed by atoms with Gasteiger partial charge in [-0.1, -0.05) is 26.8 Å². The molecule has 0 unspecified atom stereocenters. The van der Waals surface area contributed by atoms with Crippen molar-refractivity contribution >= 4 is 17.2 Å². The molecule has 0 saturated heterocycles. The first-order chi connectivity index (χ1) is 6.73. The molecule has 1 rings (SSSR count). The third kappa shape index (κ3) is 3.06. The molecular formula is C12H19NOS. The van der Waals surface area contributed by atoms with E-state index in [0.29, 0.717) is 0 Å². The summed E-state index contributed by atoms with van der Waals surface area (Å²) in [7, 11) is 0. The van der Waals surface area contributed by atoms with Gasteiger partial charge in [-0.05, 0) is 25.3 Å². The number of carbonyl (C=O) groups is 1. The van der Waals surface area contributed by atoms with Gasteiger partial charge in [0.25, 0.3) is 0 Å². The van der Waals surface area contributed by atoms with E-state index in [0.717, 1.165) is 0 Å². The first-order valence-corrected chi connectivity index (χ1v) is 5.98. The van der Waals surface area contributed by atoms with Crippen molar-refractivity contribution in [3.05, 3.63) is 22.4 Å². The Balaban J connectivity index is 2.78. The fourth-order valence-corrected chi connectivity index (χ4v) is 1.97. The fraction of sp³-hybridized carbons (Fsp3) is 0.583. The zero-order valence-electron chi connectivity index (χ0n) is 10.0. The Hall–Kier alpha value is -0.830. The van der Waals surface area contributed by atoms with Crippen LogP contribution in [0.5, 0.6) is 0 Å². The van der Waals surface area contributed by atoms with Gasteiger partial charge in [0, 0.05) is 10.3 Å². The Bertz CT molecular complexity index is 333. The summed E-state index contributed by atoms with van der Waals surface area (Å²) in [5.41, 5.74) is -0.618. The summed E-state index contributed by atoms with van der Waals surface area (Å²) in [5.74, 6) is 0.0842. The van der Waals surface area contributed by atoms with Crippen molar-refractivity contribution in [3.63, 3.8) is 0 Å². The molecular weight excluding hydrogens is 206 g/mol. The number of thiophene rings is 1. The molecule has 1 N–H and O–H groups in total. The molecule has 0 fully saturated rings. The van der Waals surface area contributed by atoms with Crippen LogP contribution < -0.4 is 5.32 Å². The largest absolute Gasteiger partial charge is 0.346 e. The Morgan fingerprint density at radius 2 is 1.87 bits per heavy atom. The fourth-order valence-electron chi connectivity index (χ4n) is 1.17. The van der Waals surface area contributed by atoms with Gasteiger partial charge in [-0.25, -0.2) is 0 Å². The molecule has 0 aliphatic heterocycles. The monoisotopic (exact) mass is 225 g/mol. The van der Waals surface area contributed by atoms with Crippen LogP contribution in [0.25, 0.3) is 0 Å². The van der Waals surface area contributed by atoms with Gasteiger partial charge in [0.05, 0.1) is 5.54 Å². The molecule has 0 radical (unpaired) electrons. The number of amides is 1. The molecule has 1 heterocycles. The number of hydrogen-bond acceptors (Lipinski definition) is 2. The van der Waals surface area contributed by atoms with E-state index in [9.17, 15) is 4.79 Å². The lowest BCUT2D eigenvalue weighted by molar-refractivity contribution is -0.130. The summed E-state index contributed by atoms with van der Waals surface area (Å²) in [6.07, 6.45) is 0. The Kier molecular flexibility index (Phi) is 3.24. The van der Waals surface area contributed by atoms with E-state index in [1.807, 2.05) is 52.1 Å². The summed E-state index contributed by atoms with van der Waals surface area (Å²) in [6.45, 7) is 9.83. The first kappa shape index (κ1) is 12.2. The molecule has 15 heavy (non-hydrogen) atoms. The van der Waals surface area contributed by atoms with Crippen LogP contribution in [0.4, 0.5) is 0 Å². The molecule has 1 aromatic rings. The summed E-state index contributed by atoms with van der Waals surface area (Å²) in [5, 5.41) is 5.10. The van der Waals surface area contributed by atoms with Crippen LogP contribution in [0, 0.1) is 5.41 Å². The zero-order valence-corrected chi connectivity index (χ0v) is 10.9. The molecule has 0 atom stereocenters. The lowest BCUT2D eigenvalue weighted by atomic mass is 9.93. The molecule has 3 heteroatoms. The second kappa shape index (κ2) is 3.97. The van der Waals surface area contributed by atoms with Crippen molar-refractivity contribution in [2.45, 2.75) is 40.2 Å².